The topological polar surface area (TPSA) is 71.1 Å². The van der Waals surface area contributed by atoms with Gasteiger partial charge >= 0.3 is 12.3 Å². The van der Waals surface area contributed by atoms with Crippen molar-refractivity contribution < 1.29 is 28.5 Å². The molecule has 0 atom stereocenters. The first kappa shape index (κ1) is 26.6. The molecule has 0 heterocycles. The van der Waals surface area contributed by atoms with E-state index in [1.54, 1.807) is 13.8 Å². The molecule has 0 N–H and O–H groups in total. The maximum Gasteiger partial charge on any atom is 0.508 e. The van der Waals surface area contributed by atoms with Crippen LogP contribution in [0, 0.1) is 5.92 Å². The zero-order valence-corrected chi connectivity index (χ0v) is 19.7. The molecule has 0 unspecified atom stereocenters. The molecule has 176 valence electrons. The second-order valence-electron chi connectivity index (χ2n) is 9.16. The average molecular weight is 429 g/mol. The van der Waals surface area contributed by atoms with E-state index in [0.717, 1.165) is 18.8 Å². The number of carbonyl (C=O) groups is 2. The van der Waals surface area contributed by atoms with E-state index in [0.29, 0.717) is 32.3 Å². The molecule has 0 aromatic rings. The Kier molecular flexibility index (Phi) is 14.4. The summed E-state index contributed by atoms with van der Waals surface area (Å²) in [4.78, 5) is 23.4. The Morgan fingerprint density at radius 3 is 1.67 bits per heavy atom. The Balaban J connectivity index is 1.94. The first-order chi connectivity index (χ1) is 14.4. The number of hydrogen-bond acceptors (Lipinski definition) is 6. The normalized spacial score (nSPS) is 19.0. The van der Waals surface area contributed by atoms with E-state index >= 15 is 0 Å². The summed E-state index contributed by atoms with van der Waals surface area (Å²) in [7, 11) is 0. The highest BCUT2D eigenvalue weighted by Crippen LogP contribution is 2.24. The van der Waals surface area contributed by atoms with Crippen molar-refractivity contribution in [1.82, 2.24) is 0 Å². The zero-order chi connectivity index (χ0) is 22.2. The lowest BCUT2D eigenvalue weighted by Gasteiger charge is -2.27. The minimum atomic E-state index is -0.625. The summed E-state index contributed by atoms with van der Waals surface area (Å²) in [5, 5.41) is 0. The van der Waals surface area contributed by atoms with Gasteiger partial charge in [-0.3, -0.25) is 0 Å². The third-order valence-electron chi connectivity index (χ3n) is 5.37. The summed E-state index contributed by atoms with van der Waals surface area (Å²) in [6, 6.07) is 0. The average Bonchev–Trinajstić information content (AvgIpc) is 2.66. The molecule has 1 fully saturated rings. The lowest BCUT2D eigenvalue weighted by molar-refractivity contribution is -0.0326. The molecule has 1 aliphatic rings. The molecule has 0 radical (unpaired) electrons. The van der Waals surface area contributed by atoms with Gasteiger partial charge in [-0.1, -0.05) is 65.2 Å². The molecule has 0 saturated heterocycles. The van der Waals surface area contributed by atoms with Gasteiger partial charge in [0.2, 0.25) is 0 Å². The summed E-state index contributed by atoms with van der Waals surface area (Å²) in [5.74, 6) is 0.820. The predicted octanol–water partition coefficient (Wildman–Crippen LogP) is 7.18. The Labute approximate surface area is 183 Å². The smallest absolute Gasteiger partial charge is 0.434 e. The molecule has 0 bridgehead atoms. The van der Waals surface area contributed by atoms with E-state index in [1.807, 2.05) is 0 Å². The second kappa shape index (κ2) is 16.3. The Morgan fingerprint density at radius 2 is 1.17 bits per heavy atom. The SMILES string of the molecule is CC(C)CCCCCCCCCCOC(=O)OC1CCC(OC(=O)OC(C)C)CC1. The Morgan fingerprint density at radius 1 is 0.700 bits per heavy atom. The van der Waals surface area contributed by atoms with Gasteiger partial charge in [0.15, 0.2) is 0 Å². The van der Waals surface area contributed by atoms with Gasteiger partial charge in [0.25, 0.3) is 0 Å². The molecule has 0 aromatic carbocycles. The molecule has 6 heteroatoms. The maximum absolute atomic E-state index is 11.8. The van der Waals surface area contributed by atoms with Crippen molar-refractivity contribution in [2.45, 2.75) is 129 Å². The summed E-state index contributed by atoms with van der Waals surface area (Å²) >= 11 is 0. The molecule has 0 spiro atoms. The van der Waals surface area contributed by atoms with Crippen LogP contribution >= 0.6 is 0 Å². The van der Waals surface area contributed by atoms with E-state index in [2.05, 4.69) is 13.8 Å². The molecular weight excluding hydrogens is 384 g/mol. The number of rotatable bonds is 14. The van der Waals surface area contributed by atoms with Crippen LogP contribution in [0.4, 0.5) is 9.59 Å². The van der Waals surface area contributed by atoms with Gasteiger partial charge in [-0.25, -0.2) is 9.59 Å². The Bertz CT molecular complexity index is 455. The molecule has 0 aromatic heterocycles. The van der Waals surface area contributed by atoms with Crippen LogP contribution in [-0.2, 0) is 18.9 Å². The van der Waals surface area contributed by atoms with Crippen LogP contribution in [-0.4, -0.2) is 37.2 Å². The summed E-state index contributed by atoms with van der Waals surface area (Å²) < 4.78 is 20.8. The van der Waals surface area contributed by atoms with Crippen molar-refractivity contribution in [3.8, 4) is 0 Å². The van der Waals surface area contributed by atoms with Crippen LogP contribution in [0.15, 0.2) is 0 Å². The zero-order valence-electron chi connectivity index (χ0n) is 19.7. The summed E-state index contributed by atoms with van der Waals surface area (Å²) in [6.45, 7) is 8.56. The fourth-order valence-electron chi connectivity index (χ4n) is 3.67. The number of ether oxygens (including phenoxy) is 4. The third-order valence-corrected chi connectivity index (χ3v) is 5.37. The van der Waals surface area contributed by atoms with Crippen LogP contribution in [0.3, 0.4) is 0 Å². The predicted molar refractivity (Wildman–Crippen MR) is 118 cm³/mol. The van der Waals surface area contributed by atoms with Gasteiger partial charge in [-0.15, -0.1) is 0 Å². The van der Waals surface area contributed by atoms with Crippen LogP contribution in [0.25, 0.3) is 0 Å². The quantitative estimate of drug-likeness (QED) is 0.215. The van der Waals surface area contributed by atoms with E-state index in [-0.39, 0.29) is 18.3 Å². The number of carbonyl (C=O) groups excluding carboxylic acids is 2. The van der Waals surface area contributed by atoms with Crippen molar-refractivity contribution in [3.05, 3.63) is 0 Å². The maximum atomic E-state index is 11.8. The fourth-order valence-corrected chi connectivity index (χ4v) is 3.67. The molecule has 30 heavy (non-hydrogen) atoms. The molecule has 1 aliphatic carbocycles. The highest BCUT2D eigenvalue weighted by Gasteiger charge is 2.27. The van der Waals surface area contributed by atoms with Crippen LogP contribution in [0.1, 0.15) is 111 Å². The van der Waals surface area contributed by atoms with Crippen LogP contribution < -0.4 is 0 Å². The Hall–Kier alpha value is -1.46. The monoisotopic (exact) mass is 428 g/mol. The van der Waals surface area contributed by atoms with E-state index < -0.39 is 12.3 Å². The van der Waals surface area contributed by atoms with Crippen LogP contribution in [0.2, 0.25) is 0 Å². The van der Waals surface area contributed by atoms with Gasteiger partial charge < -0.3 is 18.9 Å². The second-order valence-corrected chi connectivity index (χ2v) is 9.16. The highest BCUT2D eigenvalue weighted by atomic mass is 16.7. The standard InChI is InChI=1S/C24H44O6/c1-19(2)13-11-9-7-5-6-8-10-12-18-27-23(25)29-21-14-16-22(17-15-21)30-24(26)28-20(3)4/h19-22H,5-18H2,1-4H3. The minimum absolute atomic E-state index is 0.158. The van der Waals surface area contributed by atoms with Gasteiger partial charge in [0.05, 0.1) is 12.7 Å². The summed E-state index contributed by atoms with van der Waals surface area (Å²) in [6.07, 6.45) is 12.1. The minimum Gasteiger partial charge on any atom is -0.434 e. The highest BCUT2D eigenvalue weighted by molar-refractivity contribution is 5.60. The molecule has 0 aliphatic heterocycles. The van der Waals surface area contributed by atoms with Crippen molar-refractivity contribution in [1.29, 1.82) is 0 Å². The van der Waals surface area contributed by atoms with Crippen molar-refractivity contribution in [3.63, 3.8) is 0 Å². The van der Waals surface area contributed by atoms with Gasteiger partial charge in [-0.05, 0) is 51.9 Å². The molecule has 1 rings (SSSR count). The van der Waals surface area contributed by atoms with Gasteiger partial charge in [0, 0.05) is 0 Å². The van der Waals surface area contributed by atoms with Crippen molar-refractivity contribution in [2.24, 2.45) is 5.92 Å². The number of hydrogen-bond donors (Lipinski definition) is 0. The van der Waals surface area contributed by atoms with E-state index in [9.17, 15) is 9.59 Å². The molecule has 6 nitrogen and oxygen atoms in total. The van der Waals surface area contributed by atoms with Gasteiger partial charge in [0.1, 0.15) is 12.2 Å². The first-order valence-electron chi connectivity index (χ1n) is 12.1. The van der Waals surface area contributed by atoms with Crippen LogP contribution in [0.5, 0.6) is 0 Å². The van der Waals surface area contributed by atoms with Crippen molar-refractivity contribution >= 4 is 12.3 Å². The van der Waals surface area contributed by atoms with E-state index in [4.69, 9.17) is 18.9 Å². The molecule has 0 amide bonds. The molecular formula is C24H44O6. The number of unbranched alkanes of at least 4 members (excludes halogenated alkanes) is 7. The lowest BCUT2D eigenvalue weighted by Crippen LogP contribution is -2.30. The lowest BCUT2D eigenvalue weighted by atomic mass is 9.95. The van der Waals surface area contributed by atoms with Gasteiger partial charge in [-0.2, -0.15) is 0 Å². The third kappa shape index (κ3) is 14.5. The fraction of sp³-hybridized carbons (Fsp3) is 0.917. The van der Waals surface area contributed by atoms with Crippen molar-refractivity contribution in [2.75, 3.05) is 6.61 Å². The largest absolute Gasteiger partial charge is 0.508 e. The summed E-state index contributed by atoms with van der Waals surface area (Å²) in [5.41, 5.74) is 0. The molecule has 1 saturated carbocycles. The van der Waals surface area contributed by atoms with E-state index in [1.165, 1.54) is 44.9 Å². The first-order valence-corrected chi connectivity index (χ1v) is 12.1.